The fourth-order valence-electron chi connectivity index (χ4n) is 3.53. The second-order valence-electron chi connectivity index (χ2n) is 6.59. The first-order valence-electron chi connectivity index (χ1n) is 8.80. The minimum absolute atomic E-state index is 0.0376. The zero-order chi connectivity index (χ0) is 19.1. The van der Waals surface area contributed by atoms with E-state index in [2.05, 4.69) is 20.6 Å². The Bertz CT molecular complexity index is 1070. The molecule has 27 heavy (non-hydrogen) atoms. The Labute approximate surface area is 156 Å². The maximum absolute atomic E-state index is 12.1. The highest BCUT2D eigenvalue weighted by molar-refractivity contribution is 6.05. The van der Waals surface area contributed by atoms with Crippen LogP contribution in [0.25, 0.3) is 22.4 Å². The lowest BCUT2D eigenvalue weighted by Gasteiger charge is -2.09. The molecule has 7 nitrogen and oxygen atoms in total. The van der Waals surface area contributed by atoms with Crippen LogP contribution in [0, 0.1) is 0 Å². The minimum atomic E-state index is -0.143. The molecule has 0 radical (unpaired) electrons. The highest BCUT2D eigenvalue weighted by Crippen LogP contribution is 2.38. The lowest BCUT2D eigenvalue weighted by Crippen LogP contribution is -2.10. The number of amides is 2. The summed E-state index contributed by atoms with van der Waals surface area (Å²) in [5.41, 5.74) is 4.91. The molecule has 3 aromatic rings. The number of methoxy groups -OCH3 is 1. The lowest BCUT2D eigenvalue weighted by atomic mass is 9.98. The molecule has 1 aliphatic heterocycles. The first kappa shape index (κ1) is 17.1. The first-order chi connectivity index (χ1) is 13.0. The average molecular weight is 364 g/mol. The van der Waals surface area contributed by atoms with Crippen LogP contribution < -0.4 is 15.4 Å². The molecule has 1 aromatic heterocycles. The van der Waals surface area contributed by atoms with E-state index in [4.69, 9.17) is 4.74 Å². The molecule has 0 spiro atoms. The van der Waals surface area contributed by atoms with Gasteiger partial charge >= 0.3 is 0 Å². The third-order valence-corrected chi connectivity index (χ3v) is 4.79. The third kappa shape index (κ3) is 2.91. The number of carbonyl (C=O) groups excluding carboxylic acids is 2. The van der Waals surface area contributed by atoms with Gasteiger partial charge < -0.3 is 20.4 Å². The van der Waals surface area contributed by atoms with Gasteiger partial charge in [-0.3, -0.25) is 9.59 Å². The summed E-state index contributed by atoms with van der Waals surface area (Å²) in [6.45, 7) is 3.46. The van der Waals surface area contributed by atoms with E-state index >= 15 is 0 Å². The van der Waals surface area contributed by atoms with Gasteiger partial charge in [0.15, 0.2) is 0 Å². The predicted molar refractivity (Wildman–Crippen MR) is 104 cm³/mol. The third-order valence-electron chi connectivity index (χ3n) is 4.79. The SMILES string of the molecule is CC[C@@H]1C(=O)Nc2cc3nc(-c4ccc(NC(C)=O)cc4OC)[nH]c3cc21. The van der Waals surface area contributed by atoms with Crippen molar-refractivity contribution in [3.8, 4) is 17.1 Å². The van der Waals surface area contributed by atoms with Crippen molar-refractivity contribution in [3.63, 3.8) is 0 Å². The van der Waals surface area contributed by atoms with Gasteiger partial charge in [0.2, 0.25) is 11.8 Å². The number of fused-ring (bicyclic) bond motifs is 2. The van der Waals surface area contributed by atoms with Crippen molar-refractivity contribution in [1.82, 2.24) is 9.97 Å². The molecule has 2 heterocycles. The fraction of sp³-hybridized carbons (Fsp3) is 0.250. The lowest BCUT2D eigenvalue weighted by molar-refractivity contribution is -0.117. The van der Waals surface area contributed by atoms with Crippen LogP contribution in [0.4, 0.5) is 11.4 Å². The summed E-state index contributed by atoms with van der Waals surface area (Å²) in [6.07, 6.45) is 0.754. The summed E-state index contributed by atoms with van der Waals surface area (Å²) < 4.78 is 5.48. The van der Waals surface area contributed by atoms with Crippen LogP contribution >= 0.6 is 0 Å². The largest absolute Gasteiger partial charge is 0.496 e. The molecule has 4 rings (SSSR count). The van der Waals surface area contributed by atoms with Gasteiger partial charge in [-0.1, -0.05) is 6.92 Å². The van der Waals surface area contributed by atoms with Crippen LogP contribution in [0.5, 0.6) is 5.75 Å². The topological polar surface area (TPSA) is 96.1 Å². The van der Waals surface area contributed by atoms with E-state index in [0.29, 0.717) is 17.3 Å². The first-order valence-corrected chi connectivity index (χ1v) is 8.80. The number of hydrogen-bond donors (Lipinski definition) is 3. The van der Waals surface area contributed by atoms with Crippen molar-refractivity contribution in [1.29, 1.82) is 0 Å². The van der Waals surface area contributed by atoms with Crippen LogP contribution in [-0.2, 0) is 9.59 Å². The van der Waals surface area contributed by atoms with Gasteiger partial charge in [0.25, 0.3) is 0 Å². The molecule has 0 bridgehead atoms. The van der Waals surface area contributed by atoms with E-state index in [0.717, 1.165) is 34.3 Å². The van der Waals surface area contributed by atoms with Crippen molar-refractivity contribution >= 4 is 34.2 Å². The van der Waals surface area contributed by atoms with Gasteiger partial charge in [0.1, 0.15) is 11.6 Å². The second-order valence-corrected chi connectivity index (χ2v) is 6.59. The number of nitrogens with one attached hydrogen (secondary N) is 3. The number of hydrogen-bond acceptors (Lipinski definition) is 4. The van der Waals surface area contributed by atoms with E-state index in [1.165, 1.54) is 6.92 Å². The summed E-state index contributed by atoms with van der Waals surface area (Å²) in [5, 5.41) is 5.67. The van der Waals surface area contributed by atoms with Gasteiger partial charge in [-0.2, -0.15) is 0 Å². The predicted octanol–water partition coefficient (Wildman–Crippen LogP) is 3.64. The summed E-state index contributed by atoms with van der Waals surface area (Å²) >= 11 is 0. The second kappa shape index (κ2) is 6.42. The molecule has 0 saturated heterocycles. The normalized spacial score (nSPS) is 15.5. The molecule has 0 aliphatic carbocycles. The van der Waals surface area contributed by atoms with Crippen LogP contribution in [-0.4, -0.2) is 28.9 Å². The zero-order valence-electron chi connectivity index (χ0n) is 15.3. The maximum Gasteiger partial charge on any atom is 0.231 e. The molecule has 138 valence electrons. The van der Waals surface area contributed by atoms with Gasteiger partial charge in [0, 0.05) is 24.4 Å². The molecule has 1 aliphatic rings. The number of rotatable bonds is 4. The van der Waals surface area contributed by atoms with Gasteiger partial charge in [0.05, 0.1) is 29.6 Å². The number of benzene rings is 2. The highest BCUT2D eigenvalue weighted by Gasteiger charge is 2.29. The van der Waals surface area contributed by atoms with Gasteiger partial charge in [-0.25, -0.2) is 4.98 Å². The molecule has 3 N–H and O–H groups in total. The summed E-state index contributed by atoms with van der Waals surface area (Å²) in [6, 6.07) is 9.31. The molecule has 7 heteroatoms. The fourth-order valence-corrected chi connectivity index (χ4v) is 3.53. The van der Waals surface area contributed by atoms with E-state index in [-0.39, 0.29) is 17.7 Å². The van der Waals surface area contributed by atoms with Crippen LogP contribution in [0.2, 0.25) is 0 Å². The molecule has 0 fully saturated rings. The van der Waals surface area contributed by atoms with E-state index in [1.807, 2.05) is 25.1 Å². The Morgan fingerprint density at radius 3 is 2.81 bits per heavy atom. The average Bonchev–Trinajstić information content (AvgIpc) is 3.17. The Hall–Kier alpha value is -3.35. The number of carbonyl (C=O) groups is 2. The minimum Gasteiger partial charge on any atom is -0.496 e. The molecular weight excluding hydrogens is 344 g/mol. The van der Waals surface area contributed by atoms with Crippen molar-refractivity contribution < 1.29 is 14.3 Å². The van der Waals surface area contributed by atoms with E-state index in [9.17, 15) is 9.59 Å². The smallest absolute Gasteiger partial charge is 0.231 e. The monoisotopic (exact) mass is 364 g/mol. The quantitative estimate of drug-likeness (QED) is 0.658. The van der Waals surface area contributed by atoms with Crippen LogP contribution in [0.1, 0.15) is 31.7 Å². The van der Waals surface area contributed by atoms with Crippen molar-refractivity contribution in [3.05, 3.63) is 35.9 Å². The number of imidazole rings is 1. The molecule has 0 unspecified atom stereocenters. The van der Waals surface area contributed by atoms with Crippen molar-refractivity contribution in [2.75, 3.05) is 17.7 Å². The Kier molecular flexibility index (Phi) is 4.07. The molecule has 2 aromatic carbocycles. The maximum atomic E-state index is 12.1. The van der Waals surface area contributed by atoms with Crippen LogP contribution in [0.15, 0.2) is 30.3 Å². The van der Waals surface area contributed by atoms with Crippen molar-refractivity contribution in [2.45, 2.75) is 26.2 Å². The van der Waals surface area contributed by atoms with Gasteiger partial charge in [-0.05, 0) is 36.2 Å². The zero-order valence-corrected chi connectivity index (χ0v) is 15.3. The molecule has 0 saturated carbocycles. The number of aromatic amines is 1. The Balaban J connectivity index is 1.77. The molecule has 1 atom stereocenters. The van der Waals surface area contributed by atoms with Crippen molar-refractivity contribution in [2.24, 2.45) is 0 Å². The number of nitrogens with zero attached hydrogens (tertiary/aromatic N) is 1. The molecule has 2 amide bonds. The summed E-state index contributed by atoms with van der Waals surface area (Å²) in [7, 11) is 1.58. The number of H-pyrrole nitrogens is 1. The summed E-state index contributed by atoms with van der Waals surface area (Å²) in [5.74, 6) is 1.04. The van der Waals surface area contributed by atoms with E-state index < -0.39 is 0 Å². The number of ether oxygens (including phenoxy) is 1. The van der Waals surface area contributed by atoms with Gasteiger partial charge in [-0.15, -0.1) is 0 Å². The number of aromatic nitrogens is 2. The Morgan fingerprint density at radius 2 is 2.11 bits per heavy atom. The molecular formula is C20H20N4O3. The highest BCUT2D eigenvalue weighted by atomic mass is 16.5. The standard InChI is InChI=1S/C20H20N4O3/c1-4-12-14-8-16-17(9-15(14)24-20(12)26)23-19(22-16)13-6-5-11(21-10(2)25)7-18(13)27-3/h5-9,12H,4H2,1-3H3,(H,21,25)(H,22,23)(H,24,26)/t12-/m0/s1. The van der Waals surface area contributed by atoms with E-state index in [1.54, 1.807) is 19.2 Å². The Morgan fingerprint density at radius 1 is 1.30 bits per heavy atom. The van der Waals surface area contributed by atoms with Crippen LogP contribution in [0.3, 0.4) is 0 Å². The summed E-state index contributed by atoms with van der Waals surface area (Å²) in [4.78, 5) is 31.3. The number of anilines is 2.